The normalized spacial score (nSPS) is 26.8. The molecule has 0 radical (unpaired) electrons. The molecule has 0 aromatic carbocycles. The third-order valence-corrected chi connectivity index (χ3v) is 6.75. The lowest BCUT2D eigenvalue weighted by atomic mass is 9.80. The maximum atomic E-state index is 13.4. The highest BCUT2D eigenvalue weighted by Gasteiger charge is 2.54. The molecule has 0 spiro atoms. The number of aliphatic hydroxyl groups is 2. The first-order chi connectivity index (χ1) is 13.6. The number of imide groups is 2. The molecule has 0 unspecified atom stereocenters. The smallest absolute Gasteiger partial charge is 0.334 e. The molecule has 2 N–H and O–H groups in total. The molecular weight excluding hydrogens is 384 g/mol. The standard InChI is InChI=1S/C23H40N2O5/c1-13(17(26)22(3,4)5)19(28)24-15-11-9-10-12-16(15)25(21(24)30)20(29)14(2)18(27)23(6,7)8/h13-18,26-27H,9-12H2,1-8H3/t13-,14-,15-,16-,17-,18-/m1/s1. The average molecular weight is 425 g/mol. The van der Waals surface area contributed by atoms with Gasteiger partial charge in [0.15, 0.2) is 0 Å². The molecule has 2 aliphatic rings. The van der Waals surface area contributed by atoms with Crippen LogP contribution in [-0.4, -0.2) is 62.1 Å². The van der Waals surface area contributed by atoms with E-state index in [0.717, 1.165) is 12.8 Å². The molecule has 1 aliphatic carbocycles. The molecule has 1 aliphatic heterocycles. The maximum Gasteiger partial charge on any atom is 0.334 e. The number of hydrogen-bond donors (Lipinski definition) is 2. The van der Waals surface area contributed by atoms with Crippen LogP contribution in [0.2, 0.25) is 0 Å². The summed E-state index contributed by atoms with van der Waals surface area (Å²) in [7, 11) is 0. The second-order valence-corrected chi connectivity index (χ2v) is 11.3. The van der Waals surface area contributed by atoms with E-state index in [2.05, 4.69) is 0 Å². The Morgan fingerprint density at radius 2 is 1.10 bits per heavy atom. The van der Waals surface area contributed by atoms with Crippen molar-refractivity contribution in [1.82, 2.24) is 9.80 Å². The number of fused-ring (bicyclic) bond motifs is 1. The number of carbonyl (C=O) groups excluding carboxylic acids is 3. The lowest BCUT2D eigenvalue weighted by Crippen LogP contribution is -2.49. The van der Waals surface area contributed by atoms with Gasteiger partial charge in [-0.05, 0) is 23.7 Å². The Kier molecular flexibility index (Phi) is 7.09. The number of aliphatic hydroxyl groups excluding tert-OH is 2. The summed E-state index contributed by atoms with van der Waals surface area (Å²) in [5.74, 6) is -2.38. The monoisotopic (exact) mass is 424 g/mol. The first-order valence-corrected chi connectivity index (χ1v) is 11.2. The molecule has 1 heterocycles. The summed E-state index contributed by atoms with van der Waals surface area (Å²) in [6.07, 6.45) is 1.26. The van der Waals surface area contributed by atoms with Gasteiger partial charge >= 0.3 is 6.03 Å². The van der Waals surface area contributed by atoms with Gasteiger partial charge in [0.25, 0.3) is 0 Å². The van der Waals surface area contributed by atoms with Crippen LogP contribution in [-0.2, 0) is 9.59 Å². The molecule has 30 heavy (non-hydrogen) atoms. The van der Waals surface area contributed by atoms with Crippen molar-refractivity contribution in [2.45, 2.75) is 105 Å². The van der Waals surface area contributed by atoms with E-state index in [-0.39, 0.29) is 12.1 Å². The minimum absolute atomic E-state index is 0.365. The third-order valence-electron chi connectivity index (χ3n) is 6.75. The zero-order valence-corrected chi connectivity index (χ0v) is 19.8. The van der Waals surface area contributed by atoms with Gasteiger partial charge < -0.3 is 10.2 Å². The Balaban J connectivity index is 2.34. The van der Waals surface area contributed by atoms with Crippen molar-refractivity contribution in [3.8, 4) is 0 Å². The molecule has 2 rings (SSSR count). The highest BCUT2D eigenvalue weighted by Crippen LogP contribution is 2.38. The summed E-state index contributed by atoms with van der Waals surface area (Å²) in [4.78, 5) is 42.4. The summed E-state index contributed by atoms with van der Waals surface area (Å²) in [6.45, 7) is 14.4. The number of urea groups is 1. The molecule has 1 saturated carbocycles. The molecule has 0 bridgehead atoms. The van der Waals surface area contributed by atoms with E-state index in [9.17, 15) is 24.6 Å². The molecule has 172 valence electrons. The van der Waals surface area contributed by atoms with Gasteiger partial charge in [0.05, 0.1) is 36.1 Å². The van der Waals surface area contributed by atoms with E-state index in [1.165, 1.54) is 9.80 Å². The van der Waals surface area contributed by atoms with E-state index < -0.39 is 52.7 Å². The highest BCUT2D eigenvalue weighted by atomic mass is 16.3. The zero-order valence-electron chi connectivity index (χ0n) is 19.8. The fraction of sp³-hybridized carbons (Fsp3) is 0.870. The van der Waals surface area contributed by atoms with E-state index in [1.807, 2.05) is 41.5 Å². The van der Waals surface area contributed by atoms with Crippen molar-refractivity contribution in [1.29, 1.82) is 0 Å². The van der Waals surface area contributed by atoms with Crippen LogP contribution in [0.3, 0.4) is 0 Å². The quantitative estimate of drug-likeness (QED) is 0.722. The summed E-state index contributed by atoms with van der Waals surface area (Å²) in [5.41, 5.74) is -1.02. The first-order valence-electron chi connectivity index (χ1n) is 11.2. The molecule has 7 nitrogen and oxygen atoms in total. The van der Waals surface area contributed by atoms with Crippen LogP contribution in [0.1, 0.15) is 81.1 Å². The van der Waals surface area contributed by atoms with Crippen molar-refractivity contribution in [2.75, 3.05) is 0 Å². The second-order valence-electron chi connectivity index (χ2n) is 11.3. The second kappa shape index (κ2) is 8.58. The predicted octanol–water partition coefficient (Wildman–Crippen LogP) is 3.17. The number of amides is 4. The lowest BCUT2D eigenvalue weighted by Gasteiger charge is -2.35. The molecular formula is C23H40N2O5. The first kappa shape index (κ1) is 24.8. The zero-order chi connectivity index (χ0) is 23.2. The molecule has 0 aromatic heterocycles. The number of rotatable bonds is 4. The van der Waals surface area contributed by atoms with Crippen molar-refractivity contribution in [3.05, 3.63) is 0 Å². The van der Waals surface area contributed by atoms with Gasteiger partial charge in [0, 0.05) is 0 Å². The van der Waals surface area contributed by atoms with Crippen molar-refractivity contribution in [2.24, 2.45) is 22.7 Å². The minimum atomic E-state index is -0.911. The third kappa shape index (κ3) is 4.57. The van der Waals surface area contributed by atoms with E-state index in [1.54, 1.807) is 13.8 Å². The molecule has 0 aromatic rings. The van der Waals surface area contributed by atoms with Gasteiger partial charge in [0.1, 0.15) is 0 Å². The Morgan fingerprint density at radius 1 is 0.800 bits per heavy atom. The molecule has 1 saturated heterocycles. The highest BCUT2D eigenvalue weighted by molar-refractivity contribution is 6.06. The van der Waals surface area contributed by atoms with Gasteiger partial charge in [0.2, 0.25) is 11.8 Å². The Morgan fingerprint density at radius 3 is 1.37 bits per heavy atom. The van der Waals surface area contributed by atoms with Crippen molar-refractivity contribution < 1.29 is 24.6 Å². The van der Waals surface area contributed by atoms with Crippen LogP contribution in [0.15, 0.2) is 0 Å². The number of hydrogen-bond acceptors (Lipinski definition) is 5. The molecule has 4 amide bonds. The Bertz CT molecular complexity index is 622. The Labute approximate surface area is 180 Å². The summed E-state index contributed by atoms with van der Waals surface area (Å²) < 4.78 is 0. The van der Waals surface area contributed by atoms with Crippen LogP contribution < -0.4 is 0 Å². The Hall–Kier alpha value is -1.47. The van der Waals surface area contributed by atoms with Crippen LogP contribution >= 0.6 is 0 Å². The average Bonchev–Trinajstić information content (AvgIpc) is 2.94. The van der Waals surface area contributed by atoms with Gasteiger partial charge in [-0.1, -0.05) is 68.2 Å². The SMILES string of the molecule is C[C@@H](C(=O)N1C(=O)N(C(=O)[C@H](C)[C@@H](O)C(C)(C)C)[C@@H]2CCCC[C@H]21)[C@@H](O)C(C)(C)C. The molecule has 6 atom stereocenters. The van der Waals surface area contributed by atoms with Gasteiger partial charge in [-0.25, -0.2) is 4.79 Å². The van der Waals surface area contributed by atoms with Crippen molar-refractivity contribution in [3.63, 3.8) is 0 Å². The van der Waals surface area contributed by atoms with Crippen LogP contribution in [0.5, 0.6) is 0 Å². The van der Waals surface area contributed by atoms with Crippen LogP contribution in [0.25, 0.3) is 0 Å². The molecule has 2 fully saturated rings. The van der Waals surface area contributed by atoms with E-state index in [0.29, 0.717) is 12.8 Å². The number of nitrogens with zero attached hydrogens (tertiary/aromatic N) is 2. The van der Waals surface area contributed by atoms with Gasteiger partial charge in [-0.3, -0.25) is 19.4 Å². The largest absolute Gasteiger partial charge is 0.392 e. The van der Waals surface area contributed by atoms with Gasteiger partial charge in [-0.2, -0.15) is 0 Å². The van der Waals surface area contributed by atoms with E-state index >= 15 is 0 Å². The predicted molar refractivity (Wildman–Crippen MR) is 114 cm³/mol. The van der Waals surface area contributed by atoms with Crippen molar-refractivity contribution >= 4 is 17.8 Å². The minimum Gasteiger partial charge on any atom is -0.392 e. The van der Waals surface area contributed by atoms with Gasteiger partial charge in [-0.15, -0.1) is 0 Å². The number of carbonyl (C=O) groups is 3. The lowest BCUT2D eigenvalue weighted by molar-refractivity contribution is -0.140. The summed E-state index contributed by atoms with van der Waals surface area (Å²) in [5, 5.41) is 21.2. The maximum absolute atomic E-state index is 13.4. The summed E-state index contributed by atoms with van der Waals surface area (Å²) >= 11 is 0. The fourth-order valence-corrected chi connectivity index (χ4v) is 4.82. The topological polar surface area (TPSA) is 98.2 Å². The van der Waals surface area contributed by atoms with Crippen LogP contribution in [0.4, 0.5) is 4.79 Å². The van der Waals surface area contributed by atoms with E-state index in [4.69, 9.17) is 0 Å². The summed E-state index contributed by atoms with van der Waals surface area (Å²) in [6, 6.07) is -1.34. The molecule has 7 heteroatoms. The van der Waals surface area contributed by atoms with Crippen LogP contribution in [0, 0.1) is 22.7 Å². The fourth-order valence-electron chi connectivity index (χ4n) is 4.82.